The van der Waals surface area contributed by atoms with E-state index in [0.29, 0.717) is 18.3 Å². The summed E-state index contributed by atoms with van der Waals surface area (Å²) < 4.78 is 16.1. The average Bonchev–Trinajstić information content (AvgIpc) is 3.23. The summed E-state index contributed by atoms with van der Waals surface area (Å²) in [6.07, 6.45) is 0. The van der Waals surface area contributed by atoms with Gasteiger partial charge < -0.3 is 18.9 Å². The number of methoxy groups -OCH3 is 2. The van der Waals surface area contributed by atoms with Crippen molar-refractivity contribution in [3.8, 4) is 23.0 Å². The number of hydrogen-bond acceptors (Lipinski definition) is 7. The van der Waals surface area contributed by atoms with E-state index < -0.39 is 0 Å². The predicted molar refractivity (Wildman–Crippen MR) is 107 cm³/mol. The molecule has 0 bridgehead atoms. The van der Waals surface area contributed by atoms with Crippen molar-refractivity contribution >= 4 is 5.69 Å². The van der Waals surface area contributed by atoms with Crippen molar-refractivity contribution in [2.75, 3.05) is 45.3 Å². The average molecular weight is 380 g/mol. The van der Waals surface area contributed by atoms with Crippen molar-refractivity contribution in [2.45, 2.75) is 6.54 Å². The van der Waals surface area contributed by atoms with Gasteiger partial charge in [0.25, 0.3) is 5.89 Å². The maximum absolute atomic E-state index is 5.48. The van der Waals surface area contributed by atoms with Crippen LogP contribution in [0, 0.1) is 0 Å². The Labute approximate surface area is 164 Å². The molecular weight excluding hydrogens is 356 g/mol. The smallest absolute Gasteiger partial charge is 0.257 e. The van der Waals surface area contributed by atoms with Crippen molar-refractivity contribution in [1.82, 2.24) is 15.0 Å². The molecule has 1 aliphatic rings. The summed E-state index contributed by atoms with van der Waals surface area (Å²) in [5.41, 5.74) is 2.03. The third kappa shape index (κ3) is 3.94. The van der Waals surface area contributed by atoms with E-state index in [9.17, 15) is 0 Å². The van der Waals surface area contributed by atoms with Crippen molar-refractivity contribution in [3.05, 3.63) is 54.4 Å². The molecule has 1 aromatic heterocycles. The molecule has 0 amide bonds. The second kappa shape index (κ2) is 8.31. The standard InChI is InChI=1S/C21H24N4O3/c1-26-17-9-7-16(8-10-17)21-22-20(23-28-21)15-24-11-13-25(14-12-24)18-5-3-4-6-19(18)27-2/h3-10H,11-15H2,1-2H3. The van der Waals surface area contributed by atoms with Gasteiger partial charge in [-0.3, -0.25) is 4.90 Å². The Hall–Kier alpha value is -3.06. The van der Waals surface area contributed by atoms with E-state index in [4.69, 9.17) is 14.0 Å². The largest absolute Gasteiger partial charge is 0.497 e. The van der Waals surface area contributed by atoms with Crippen molar-refractivity contribution < 1.29 is 14.0 Å². The molecule has 7 heteroatoms. The normalized spacial score (nSPS) is 14.9. The third-order valence-electron chi connectivity index (χ3n) is 4.97. The van der Waals surface area contributed by atoms with E-state index in [1.807, 2.05) is 42.5 Å². The van der Waals surface area contributed by atoms with Gasteiger partial charge >= 0.3 is 0 Å². The lowest BCUT2D eigenvalue weighted by molar-refractivity contribution is 0.239. The summed E-state index contributed by atoms with van der Waals surface area (Å²) in [6, 6.07) is 15.8. The molecule has 7 nitrogen and oxygen atoms in total. The van der Waals surface area contributed by atoms with E-state index in [2.05, 4.69) is 26.0 Å². The first-order valence-electron chi connectivity index (χ1n) is 9.34. The first-order valence-corrected chi connectivity index (χ1v) is 9.34. The van der Waals surface area contributed by atoms with Crippen LogP contribution in [0.3, 0.4) is 0 Å². The van der Waals surface area contributed by atoms with Crippen LogP contribution in [-0.4, -0.2) is 55.4 Å². The Balaban J connectivity index is 1.35. The Bertz CT molecular complexity index is 902. The number of anilines is 1. The Kier molecular flexibility index (Phi) is 5.43. The van der Waals surface area contributed by atoms with Crippen LogP contribution in [0.5, 0.6) is 11.5 Å². The van der Waals surface area contributed by atoms with Gasteiger partial charge in [0.05, 0.1) is 26.5 Å². The van der Waals surface area contributed by atoms with Crippen LogP contribution in [0.25, 0.3) is 11.5 Å². The van der Waals surface area contributed by atoms with Crippen LogP contribution in [0.2, 0.25) is 0 Å². The molecule has 4 rings (SSSR count). The molecule has 2 heterocycles. The van der Waals surface area contributed by atoms with E-state index in [0.717, 1.165) is 48.9 Å². The molecule has 0 saturated carbocycles. The topological polar surface area (TPSA) is 63.9 Å². The summed E-state index contributed by atoms with van der Waals surface area (Å²) in [4.78, 5) is 9.24. The van der Waals surface area contributed by atoms with Crippen LogP contribution in [-0.2, 0) is 6.54 Å². The monoisotopic (exact) mass is 380 g/mol. The molecule has 0 unspecified atom stereocenters. The minimum atomic E-state index is 0.533. The Morgan fingerprint density at radius 1 is 0.929 bits per heavy atom. The molecule has 0 aliphatic carbocycles. The zero-order chi connectivity index (χ0) is 19.3. The SMILES string of the molecule is COc1ccc(-c2nc(CN3CCN(c4ccccc4OC)CC3)no2)cc1. The maximum Gasteiger partial charge on any atom is 0.257 e. The highest BCUT2D eigenvalue weighted by Gasteiger charge is 2.21. The van der Waals surface area contributed by atoms with Crippen LogP contribution in [0.1, 0.15) is 5.82 Å². The number of benzene rings is 2. The summed E-state index contributed by atoms with van der Waals surface area (Å²) in [7, 11) is 3.36. The van der Waals surface area contributed by atoms with Crippen LogP contribution in [0.4, 0.5) is 5.69 Å². The highest BCUT2D eigenvalue weighted by molar-refractivity contribution is 5.58. The molecule has 1 saturated heterocycles. The number of piperazine rings is 1. The van der Waals surface area contributed by atoms with Crippen molar-refractivity contribution in [3.63, 3.8) is 0 Å². The lowest BCUT2D eigenvalue weighted by Crippen LogP contribution is -2.46. The fourth-order valence-electron chi connectivity index (χ4n) is 3.41. The van der Waals surface area contributed by atoms with Crippen LogP contribution < -0.4 is 14.4 Å². The Morgan fingerprint density at radius 2 is 1.68 bits per heavy atom. The molecule has 1 fully saturated rings. The van der Waals surface area contributed by atoms with E-state index >= 15 is 0 Å². The van der Waals surface area contributed by atoms with Gasteiger partial charge in [-0.1, -0.05) is 17.3 Å². The van der Waals surface area contributed by atoms with Gasteiger partial charge in [-0.15, -0.1) is 0 Å². The number of para-hydroxylation sites is 2. The minimum absolute atomic E-state index is 0.533. The fourth-order valence-corrected chi connectivity index (χ4v) is 3.41. The molecule has 0 radical (unpaired) electrons. The quantitative estimate of drug-likeness (QED) is 0.651. The summed E-state index contributed by atoms with van der Waals surface area (Å²) in [5, 5.41) is 4.14. The maximum atomic E-state index is 5.48. The molecule has 1 aliphatic heterocycles. The van der Waals surface area contributed by atoms with E-state index in [-0.39, 0.29) is 0 Å². The number of rotatable bonds is 6. The zero-order valence-corrected chi connectivity index (χ0v) is 16.2. The number of aromatic nitrogens is 2. The first kappa shape index (κ1) is 18.3. The van der Waals surface area contributed by atoms with E-state index in [1.54, 1.807) is 14.2 Å². The van der Waals surface area contributed by atoms with Gasteiger partial charge in [-0.05, 0) is 36.4 Å². The minimum Gasteiger partial charge on any atom is -0.497 e. The van der Waals surface area contributed by atoms with E-state index in [1.165, 1.54) is 0 Å². The fraction of sp³-hybridized carbons (Fsp3) is 0.333. The number of ether oxygens (including phenoxy) is 2. The van der Waals surface area contributed by atoms with Crippen molar-refractivity contribution in [2.24, 2.45) is 0 Å². The summed E-state index contributed by atoms with van der Waals surface area (Å²) >= 11 is 0. The van der Waals surface area contributed by atoms with Crippen molar-refractivity contribution in [1.29, 1.82) is 0 Å². The molecule has 2 aromatic carbocycles. The molecule has 3 aromatic rings. The van der Waals surface area contributed by atoms with Gasteiger partial charge in [0.2, 0.25) is 0 Å². The highest BCUT2D eigenvalue weighted by Crippen LogP contribution is 2.28. The molecule has 0 N–H and O–H groups in total. The highest BCUT2D eigenvalue weighted by atomic mass is 16.5. The molecule has 28 heavy (non-hydrogen) atoms. The van der Waals surface area contributed by atoms with Crippen LogP contribution in [0.15, 0.2) is 53.1 Å². The van der Waals surface area contributed by atoms with Gasteiger partial charge in [-0.2, -0.15) is 4.98 Å². The third-order valence-corrected chi connectivity index (χ3v) is 4.97. The van der Waals surface area contributed by atoms with Crippen LogP contribution >= 0.6 is 0 Å². The molecule has 0 spiro atoms. The first-order chi connectivity index (χ1) is 13.8. The molecule has 0 atom stereocenters. The zero-order valence-electron chi connectivity index (χ0n) is 16.2. The second-order valence-electron chi connectivity index (χ2n) is 6.68. The summed E-state index contributed by atoms with van der Waals surface area (Å²) in [6.45, 7) is 4.42. The lowest BCUT2D eigenvalue weighted by atomic mass is 10.2. The molecule has 146 valence electrons. The number of nitrogens with zero attached hydrogens (tertiary/aromatic N) is 4. The number of hydrogen-bond donors (Lipinski definition) is 0. The summed E-state index contributed by atoms with van der Waals surface area (Å²) in [5.74, 6) is 2.96. The van der Waals surface area contributed by atoms with Gasteiger partial charge in [0, 0.05) is 31.7 Å². The lowest BCUT2D eigenvalue weighted by Gasteiger charge is -2.36. The second-order valence-corrected chi connectivity index (χ2v) is 6.68. The van der Waals surface area contributed by atoms with Gasteiger partial charge in [0.15, 0.2) is 5.82 Å². The Morgan fingerprint density at radius 3 is 2.39 bits per heavy atom. The predicted octanol–water partition coefficient (Wildman–Crippen LogP) is 3.08. The van der Waals surface area contributed by atoms with Gasteiger partial charge in [-0.25, -0.2) is 0 Å². The van der Waals surface area contributed by atoms with Gasteiger partial charge in [0.1, 0.15) is 11.5 Å². The molecular formula is C21H24N4O3.